The van der Waals surface area contributed by atoms with Crippen molar-refractivity contribution < 1.29 is 44.4 Å². The third-order valence-electron chi connectivity index (χ3n) is 4.22. The molecular weight excluding hydrogens is 428 g/mol. The molecule has 0 aliphatic rings. The van der Waals surface area contributed by atoms with Gasteiger partial charge >= 0.3 is 11.9 Å². The fourth-order valence-corrected chi connectivity index (χ4v) is 2.57. The maximum atomic E-state index is 12.5. The zero-order chi connectivity index (χ0) is 24.4. The van der Waals surface area contributed by atoms with Gasteiger partial charge in [0.25, 0.3) is 0 Å². The monoisotopic (exact) mass is 454 g/mol. The first-order valence-corrected chi connectivity index (χ1v) is 9.44. The Bertz CT molecular complexity index is 842. The molecule has 0 fully saturated rings. The van der Waals surface area contributed by atoms with E-state index < -0.39 is 66.9 Å². The molecule has 13 nitrogen and oxygen atoms in total. The van der Waals surface area contributed by atoms with Crippen LogP contribution in [0.3, 0.4) is 0 Å². The van der Waals surface area contributed by atoms with Gasteiger partial charge in [-0.15, -0.1) is 0 Å². The van der Waals surface area contributed by atoms with E-state index in [0.29, 0.717) is 5.56 Å². The number of aromatic hydroxyl groups is 1. The number of nitrogens with two attached hydrogens (primary N) is 1. The normalized spacial score (nSPS) is 14.3. The Labute approximate surface area is 182 Å². The number of hydrogen-bond donors (Lipinski definition) is 8. The summed E-state index contributed by atoms with van der Waals surface area (Å²) in [6, 6.07) is 1.48. The Balaban J connectivity index is 2.85. The van der Waals surface area contributed by atoms with Gasteiger partial charge in [-0.2, -0.15) is 0 Å². The molecule has 3 amide bonds. The summed E-state index contributed by atoms with van der Waals surface area (Å²) >= 11 is 0. The van der Waals surface area contributed by atoms with Gasteiger partial charge in [-0.3, -0.25) is 24.0 Å². The van der Waals surface area contributed by atoms with E-state index in [1.807, 2.05) is 5.32 Å². The standard InChI is InChI=1S/C19H26N4O9/c1-9(24)16(19(32)21-8-15(28)29)23-18(31)13(7-14(26)27)22-17(30)12(20)6-10-2-4-11(25)5-3-10/h2-5,9,12-13,16,24-25H,6-8,20H2,1H3,(H,21,32)(H,22,30)(H,23,31)(H,26,27)(H,28,29). The summed E-state index contributed by atoms with van der Waals surface area (Å²) in [5.74, 6) is -5.71. The number of benzene rings is 1. The molecule has 9 N–H and O–H groups in total. The first-order chi connectivity index (χ1) is 14.9. The molecule has 32 heavy (non-hydrogen) atoms. The Morgan fingerprint density at radius 3 is 2.03 bits per heavy atom. The van der Waals surface area contributed by atoms with Crippen LogP contribution in [0.25, 0.3) is 0 Å². The van der Waals surface area contributed by atoms with Crippen LogP contribution in [0.15, 0.2) is 24.3 Å². The number of carbonyl (C=O) groups excluding carboxylic acids is 3. The predicted molar refractivity (Wildman–Crippen MR) is 108 cm³/mol. The molecular formula is C19H26N4O9. The molecule has 4 atom stereocenters. The van der Waals surface area contributed by atoms with Crippen LogP contribution in [-0.2, 0) is 30.4 Å². The zero-order valence-corrected chi connectivity index (χ0v) is 17.1. The number of carboxylic acid groups (broad SMARTS) is 2. The van der Waals surface area contributed by atoms with E-state index in [0.717, 1.165) is 6.92 Å². The second-order valence-corrected chi connectivity index (χ2v) is 6.97. The molecule has 176 valence electrons. The Morgan fingerprint density at radius 2 is 1.53 bits per heavy atom. The van der Waals surface area contributed by atoms with E-state index in [4.69, 9.17) is 15.9 Å². The number of amides is 3. The lowest BCUT2D eigenvalue weighted by Gasteiger charge is -2.24. The molecule has 0 spiro atoms. The van der Waals surface area contributed by atoms with Crippen LogP contribution in [0.1, 0.15) is 18.9 Å². The first kappa shape index (κ1) is 26.3. The molecule has 0 heterocycles. The molecule has 1 aromatic rings. The van der Waals surface area contributed by atoms with Crippen LogP contribution >= 0.6 is 0 Å². The maximum Gasteiger partial charge on any atom is 0.322 e. The van der Waals surface area contributed by atoms with Crippen LogP contribution < -0.4 is 21.7 Å². The zero-order valence-electron chi connectivity index (χ0n) is 17.1. The third-order valence-corrected chi connectivity index (χ3v) is 4.22. The molecule has 0 aliphatic heterocycles. The lowest BCUT2D eigenvalue weighted by atomic mass is 10.0. The molecule has 0 aliphatic carbocycles. The maximum absolute atomic E-state index is 12.5. The third kappa shape index (κ3) is 8.97. The summed E-state index contributed by atoms with van der Waals surface area (Å²) in [5, 5.41) is 43.0. The van der Waals surface area contributed by atoms with Crippen LogP contribution in [0.5, 0.6) is 5.75 Å². The Morgan fingerprint density at radius 1 is 0.938 bits per heavy atom. The second kappa shape index (κ2) is 12.2. The summed E-state index contributed by atoms with van der Waals surface area (Å²) in [4.78, 5) is 58.7. The minimum atomic E-state index is -1.63. The number of carbonyl (C=O) groups is 5. The lowest BCUT2D eigenvalue weighted by molar-refractivity contribution is -0.142. The molecule has 13 heteroatoms. The van der Waals surface area contributed by atoms with Crippen molar-refractivity contribution in [1.29, 1.82) is 0 Å². The van der Waals surface area contributed by atoms with Crippen molar-refractivity contribution >= 4 is 29.7 Å². The predicted octanol–water partition coefficient (Wildman–Crippen LogP) is -2.71. The molecule has 0 saturated heterocycles. The van der Waals surface area contributed by atoms with Gasteiger partial charge in [0, 0.05) is 0 Å². The van der Waals surface area contributed by atoms with Crippen LogP contribution in [0.4, 0.5) is 0 Å². The Hall–Kier alpha value is -3.71. The fourth-order valence-electron chi connectivity index (χ4n) is 2.57. The van der Waals surface area contributed by atoms with Gasteiger partial charge in [0.1, 0.15) is 24.4 Å². The fraction of sp³-hybridized carbons (Fsp3) is 0.421. The van der Waals surface area contributed by atoms with Gasteiger partial charge in [-0.25, -0.2) is 0 Å². The van der Waals surface area contributed by atoms with Crippen molar-refractivity contribution in [2.45, 2.75) is 44.0 Å². The van der Waals surface area contributed by atoms with Crippen molar-refractivity contribution in [2.75, 3.05) is 6.54 Å². The second-order valence-electron chi connectivity index (χ2n) is 6.97. The molecule has 4 unspecified atom stereocenters. The number of hydrogen-bond acceptors (Lipinski definition) is 8. The SMILES string of the molecule is CC(O)C(NC(=O)C(CC(=O)O)NC(=O)C(N)Cc1ccc(O)cc1)C(=O)NCC(=O)O. The number of phenolic OH excluding ortho intramolecular Hbond substituents is 1. The number of carboxylic acids is 2. The largest absolute Gasteiger partial charge is 0.508 e. The number of aliphatic hydroxyl groups excluding tert-OH is 1. The smallest absolute Gasteiger partial charge is 0.322 e. The summed E-state index contributed by atoms with van der Waals surface area (Å²) in [6.07, 6.45) is -2.26. The van der Waals surface area contributed by atoms with Crippen molar-refractivity contribution in [3.63, 3.8) is 0 Å². The number of rotatable bonds is 12. The van der Waals surface area contributed by atoms with E-state index in [1.165, 1.54) is 24.3 Å². The first-order valence-electron chi connectivity index (χ1n) is 9.44. The van der Waals surface area contributed by atoms with Crippen molar-refractivity contribution in [3.8, 4) is 5.75 Å². The molecule has 1 aromatic carbocycles. The minimum Gasteiger partial charge on any atom is -0.508 e. The molecule has 0 bridgehead atoms. The van der Waals surface area contributed by atoms with Crippen LogP contribution in [-0.4, -0.2) is 80.9 Å². The highest BCUT2D eigenvalue weighted by Crippen LogP contribution is 2.11. The topological polar surface area (TPSA) is 228 Å². The van der Waals surface area contributed by atoms with E-state index in [2.05, 4.69) is 10.6 Å². The lowest BCUT2D eigenvalue weighted by Crippen LogP contribution is -2.59. The summed E-state index contributed by atoms with van der Waals surface area (Å²) in [6.45, 7) is 0.392. The van der Waals surface area contributed by atoms with Crippen molar-refractivity contribution in [3.05, 3.63) is 29.8 Å². The number of aliphatic hydroxyl groups is 1. The molecule has 0 saturated carbocycles. The summed E-state index contributed by atoms with van der Waals surface area (Å²) in [5.41, 5.74) is 6.42. The van der Waals surface area contributed by atoms with E-state index in [1.54, 1.807) is 0 Å². The highest BCUT2D eigenvalue weighted by Gasteiger charge is 2.31. The molecule has 1 rings (SSSR count). The number of phenols is 1. The van der Waals surface area contributed by atoms with Gasteiger partial charge in [0.2, 0.25) is 17.7 Å². The quantitative estimate of drug-likeness (QED) is 0.163. The summed E-state index contributed by atoms with van der Waals surface area (Å²) < 4.78 is 0. The van der Waals surface area contributed by atoms with E-state index in [9.17, 15) is 34.2 Å². The molecule has 0 radical (unpaired) electrons. The van der Waals surface area contributed by atoms with Crippen LogP contribution in [0.2, 0.25) is 0 Å². The highest BCUT2D eigenvalue weighted by molar-refractivity contribution is 5.95. The summed E-state index contributed by atoms with van der Waals surface area (Å²) in [7, 11) is 0. The van der Waals surface area contributed by atoms with Gasteiger partial charge in [-0.05, 0) is 31.0 Å². The molecule has 0 aromatic heterocycles. The van der Waals surface area contributed by atoms with Gasteiger partial charge < -0.3 is 42.1 Å². The minimum absolute atomic E-state index is 0.0185. The van der Waals surface area contributed by atoms with E-state index >= 15 is 0 Å². The van der Waals surface area contributed by atoms with Crippen molar-refractivity contribution in [2.24, 2.45) is 5.73 Å². The van der Waals surface area contributed by atoms with Crippen LogP contribution in [0, 0.1) is 0 Å². The average Bonchev–Trinajstić information content (AvgIpc) is 2.70. The van der Waals surface area contributed by atoms with Gasteiger partial charge in [-0.1, -0.05) is 12.1 Å². The number of nitrogens with one attached hydrogen (secondary N) is 3. The van der Waals surface area contributed by atoms with Gasteiger partial charge in [0.15, 0.2) is 0 Å². The van der Waals surface area contributed by atoms with Gasteiger partial charge in [0.05, 0.1) is 18.6 Å². The Kier molecular flexibility index (Phi) is 10.1. The highest BCUT2D eigenvalue weighted by atomic mass is 16.4. The van der Waals surface area contributed by atoms with Crippen molar-refractivity contribution in [1.82, 2.24) is 16.0 Å². The average molecular weight is 454 g/mol. The number of aliphatic carboxylic acids is 2. The van der Waals surface area contributed by atoms with E-state index in [-0.39, 0.29) is 12.2 Å².